The van der Waals surface area contributed by atoms with Crippen molar-refractivity contribution in [3.8, 4) is 0 Å². The number of cyclic esters (lactones) is 1. The maximum absolute atomic E-state index is 14.8. The molecule has 0 aromatic heterocycles. The molecule has 2 amide bonds. The number of methoxy groups -OCH3 is 1. The van der Waals surface area contributed by atoms with Crippen LogP contribution in [0.5, 0.6) is 0 Å². The first-order chi connectivity index (χ1) is 27.4. The molecule has 0 bridgehead atoms. The standard InChI is InChI=1S/C43H72N2O15/c1-19-29-43(15)33(45(38(50)59-43)37(49)58-40(8,9)10)24(4)30(47)22(2)21-42(14,52-18)34(57-36-32(54-27(7)46)28(44(16)17)20-23(3)53-36)25(5)31(26(6)35(48)55-29)56-39(51)60-41(11,12)13/h22-26,28-29,31-34,36H,19-21H2,1-18H3/t22-,23-,24+,25+,26-,28+,29-,31+,32-,33-,34-,36+,42-,43-/m1/s1. The lowest BCUT2D eigenvalue weighted by atomic mass is 9.73. The van der Waals surface area contributed by atoms with E-state index in [-0.39, 0.29) is 30.8 Å². The molecule has 3 aliphatic rings. The highest BCUT2D eigenvalue weighted by molar-refractivity contribution is 5.93. The number of amides is 2. The summed E-state index contributed by atoms with van der Waals surface area (Å²) in [5.41, 5.74) is -5.13. The van der Waals surface area contributed by atoms with Crippen molar-refractivity contribution in [2.75, 3.05) is 21.2 Å². The molecule has 0 saturated carbocycles. The minimum atomic E-state index is -1.73. The highest BCUT2D eigenvalue weighted by Gasteiger charge is 2.63. The molecule has 14 atom stereocenters. The molecular formula is C43H72N2O15. The Morgan fingerprint density at radius 1 is 0.883 bits per heavy atom. The minimum Gasteiger partial charge on any atom is -0.458 e. The Hall–Kier alpha value is -3.54. The van der Waals surface area contributed by atoms with Crippen LogP contribution >= 0.6 is 0 Å². The lowest BCUT2D eigenvalue weighted by Gasteiger charge is -2.49. The molecule has 0 N–H and O–H groups in total. The van der Waals surface area contributed by atoms with Crippen LogP contribution in [0.3, 0.4) is 0 Å². The van der Waals surface area contributed by atoms with Crippen molar-refractivity contribution in [3.05, 3.63) is 0 Å². The second-order valence-corrected chi connectivity index (χ2v) is 19.4. The zero-order chi connectivity index (χ0) is 46.0. The van der Waals surface area contributed by atoms with Gasteiger partial charge in [0, 0.05) is 31.8 Å². The summed E-state index contributed by atoms with van der Waals surface area (Å²) < 4.78 is 54.9. The summed E-state index contributed by atoms with van der Waals surface area (Å²) in [6.45, 7) is 24.6. The van der Waals surface area contributed by atoms with E-state index in [9.17, 15) is 28.8 Å². The number of Topliss-reactive ketones (excluding diaryl/α,β-unsaturated/α-hetero) is 1. The molecule has 0 aliphatic carbocycles. The topological polar surface area (TPSA) is 192 Å². The smallest absolute Gasteiger partial charge is 0.458 e. The van der Waals surface area contributed by atoms with Crippen molar-refractivity contribution < 1.29 is 71.4 Å². The summed E-state index contributed by atoms with van der Waals surface area (Å²) in [5.74, 6) is -5.83. The largest absolute Gasteiger partial charge is 0.509 e. The molecule has 3 heterocycles. The van der Waals surface area contributed by atoms with Gasteiger partial charge in [0.25, 0.3) is 0 Å². The predicted molar refractivity (Wildman–Crippen MR) is 217 cm³/mol. The quantitative estimate of drug-likeness (QED) is 0.200. The number of likely N-dealkylation sites (N-methyl/N-ethyl adjacent to an activating group) is 1. The monoisotopic (exact) mass is 856 g/mol. The Morgan fingerprint density at radius 3 is 1.97 bits per heavy atom. The lowest BCUT2D eigenvalue weighted by Crippen LogP contribution is -2.61. The molecule has 0 spiro atoms. The number of esters is 2. The molecule has 0 unspecified atom stereocenters. The molecule has 17 nitrogen and oxygen atoms in total. The van der Waals surface area contributed by atoms with Gasteiger partial charge in [0.05, 0.1) is 35.8 Å². The maximum atomic E-state index is 14.8. The summed E-state index contributed by atoms with van der Waals surface area (Å²) in [5, 5.41) is 0. The molecule has 0 aromatic carbocycles. The third-order valence-electron chi connectivity index (χ3n) is 11.7. The van der Waals surface area contributed by atoms with E-state index in [1.807, 2.05) is 25.9 Å². The minimum absolute atomic E-state index is 0.0147. The molecule has 0 aromatic rings. The second-order valence-electron chi connectivity index (χ2n) is 19.4. The Balaban J connectivity index is 2.33. The van der Waals surface area contributed by atoms with Crippen molar-refractivity contribution in [2.24, 2.45) is 23.7 Å². The van der Waals surface area contributed by atoms with Crippen LogP contribution in [0.25, 0.3) is 0 Å². The lowest BCUT2D eigenvalue weighted by molar-refractivity contribution is -0.303. The Labute approximate surface area is 356 Å². The van der Waals surface area contributed by atoms with Crippen molar-refractivity contribution in [1.82, 2.24) is 9.80 Å². The van der Waals surface area contributed by atoms with Crippen molar-refractivity contribution in [3.63, 3.8) is 0 Å². The van der Waals surface area contributed by atoms with Gasteiger partial charge in [-0.1, -0.05) is 27.7 Å². The van der Waals surface area contributed by atoms with Gasteiger partial charge in [0.15, 0.2) is 18.0 Å². The number of nitrogens with zero attached hydrogens (tertiary/aromatic N) is 2. The third kappa shape index (κ3) is 11.7. The van der Waals surface area contributed by atoms with Crippen LogP contribution in [0.2, 0.25) is 0 Å². The van der Waals surface area contributed by atoms with Crippen LogP contribution in [-0.2, 0) is 57.0 Å². The third-order valence-corrected chi connectivity index (χ3v) is 11.7. The van der Waals surface area contributed by atoms with E-state index in [4.69, 9.17) is 42.6 Å². The normalized spacial score (nSPS) is 37.3. The Kier molecular flexibility index (Phi) is 16.3. The van der Waals surface area contributed by atoms with Crippen LogP contribution in [0.15, 0.2) is 0 Å². The van der Waals surface area contributed by atoms with E-state index in [0.717, 1.165) is 4.90 Å². The van der Waals surface area contributed by atoms with Crippen molar-refractivity contribution >= 4 is 36.1 Å². The molecule has 3 saturated heterocycles. The second kappa shape index (κ2) is 19.2. The van der Waals surface area contributed by atoms with Crippen molar-refractivity contribution in [2.45, 2.75) is 194 Å². The van der Waals surface area contributed by atoms with E-state index < -0.39 is 113 Å². The van der Waals surface area contributed by atoms with Crippen LogP contribution < -0.4 is 0 Å². The molecule has 344 valence electrons. The molecule has 3 aliphatic heterocycles. The Bertz CT molecular complexity index is 1570. The van der Waals surface area contributed by atoms with Gasteiger partial charge < -0.3 is 47.5 Å². The van der Waals surface area contributed by atoms with Crippen molar-refractivity contribution in [1.29, 1.82) is 0 Å². The number of ketones is 1. The van der Waals surface area contributed by atoms with Gasteiger partial charge in [-0.3, -0.25) is 14.4 Å². The number of imide groups is 1. The molecular weight excluding hydrogens is 784 g/mol. The van der Waals surface area contributed by atoms with Gasteiger partial charge >= 0.3 is 30.3 Å². The van der Waals surface area contributed by atoms with Crippen LogP contribution in [-0.4, -0.2) is 138 Å². The van der Waals surface area contributed by atoms with Gasteiger partial charge in [-0.05, 0) is 103 Å². The number of hydrogen-bond acceptors (Lipinski definition) is 16. The van der Waals surface area contributed by atoms with Gasteiger partial charge in [0.2, 0.25) is 0 Å². The summed E-state index contributed by atoms with van der Waals surface area (Å²) in [6.07, 6.45) is -8.71. The summed E-state index contributed by atoms with van der Waals surface area (Å²) in [7, 11) is 5.16. The first kappa shape index (κ1) is 50.8. The predicted octanol–water partition coefficient (Wildman–Crippen LogP) is 6.45. The fourth-order valence-electron chi connectivity index (χ4n) is 8.91. The molecule has 0 radical (unpaired) electrons. The first-order valence-electron chi connectivity index (χ1n) is 21.0. The van der Waals surface area contributed by atoms with E-state index in [0.29, 0.717) is 6.42 Å². The number of rotatable bonds is 7. The number of hydrogen-bond donors (Lipinski definition) is 0. The van der Waals surface area contributed by atoms with Crippen LogP contribution in [0, 0.1) is 23.7 Å². The van der Waals surface area contributed by atoms with Gasteiger partial charge in [-0.15, -0.1) is 0 Å². The van der Waals surface area contributed by atoms with E-state index in [1.165, 1.54) is 27.9 Å². The molecule has 17 heteroatoms. The maximum Gasteiger partial charge on any atom is 0.509 e. The molecule has 60 heavy (non-hydrogen) atoms. The average molecular weight is 857 g/mol. The first-order valence-corrected chi connectivity index (χ1v) is 21.0. The van der Waals surface area contributed by atoms with E-state index >= 15 is 0 Å². The van der Waals surface area contributed by atoms with Crippen LogP contribution in [0.4, 0.5) is 14.4 Å². The summed E-state index contributed by atoms with van der Waals surface area (Å²) in [6, 6.07) is -1.62. The van der Waals surface area contributed by atoms with E-state index in [1.54, 1.807) is 76.2 Å². The summed E-state index contributed by atoms with van der Waals surface area (Å²) >= 11 is 0. The molecule has 3 rings (SSSR count). The van der Waals surface area contributed by atoms with Gasteiger partial charge in [-0.25, -0.2) is 19.3 Å². The number of carbonyl (C=O) groups excluding carboxylic acids is 6. The highest BCUT2D eigenvalue weighted by atomic mass is 16.7. The number of fused-ring (bicyclic) bond motifs is 1. The number of carbonyl (C=O) groups is 6. The number of ether oxygens (including phenoxy) is 9. The fourth-order valence-corrected chi connectivity index (χ4v) is 8.91. The van der Waals surface area contributed by atoms with Crippen LogP contribution in [0.1, 0.15) is 123 Å². The van der Waals surface area contributed by atoms with E-state index in [2.05, 4.69) is 0 Å². The zero-order valence-corrected chi connectivity index (χ0v) is 39.1. The zero-order valence-electron chi connectivity index (χ0n) is 39.1. The van der Waals surface area contributed by atoms with Gasteiger partial charge in [0.1, 0.15) is 29.2 Å². The fraction of sp³-hybridized carbons (Fsp3) is 0.860. The molecule has 3 fully saturated rings. The average Bonchev–Trinajstić information content (AvgIpc) is 3.39. The van der Waals surface area contributed by atoms with Gasteiger partial charge in [-0.2, -0.15) is 0 Å². The summed E-state index contributed by atoms with van der Waals surface area (Å²) in [4.78, 5) is 85.6. The highest BCUT2D eigenvalue weighted by Crippen LogP contribution is 2.44. The Morgan fingerprint density at radius 2 is 1.47 bits per heavy atom. The SMILES string of the molecule is CC[C@H]1OC(=O)[C@H](C)[C@@H](OC(=O)OC(C)(C)C)[C@H](C)[C@@H](O[C@@H]2O[C@H](C)C[C@H](N(C)C)[C@H]2OC(C)=O)[C@](C)(OC)C[C@@H](C)C(=O)[C@H](C)[C@H]2N(C(=O)OC(C)(C)C)C(=O)O[C@]12C.